The van der Waals surface area contributed by atoms with Gasteiger partial charge >= 0.3 is 5.97 Å². The van der Waals surface area contributed by atoms with Crippen LogP contribution in [0.2, 0.25) is 0 Å². The van der Waals surface area contributed by atoms with Gasteiger partial charge in [-0.3, -0.25) is 9.59 Å². The number of carboxylic acid groups (broad SMARTS) is 1. The molecule has 3 N–H and O–H groups in total. The van der Waals surface area contributed by atoms with Crippen molar-refractivity contribution in [1.29, 1.82) is 0 Å². The Balaban J connectivity index is 1.98. The van der Waals surface area contributed by atoms with Crippen molar-refractivity contribution >= 4 is 11.9 Å². The second-order valence-electron chi connectivity index (χ2n) is 4.57. The predicted molar refractivity (Wildman–Crippen MR) is 77.1 cm³/mol. The number of primary amides is 1. The van der Waals surface area contributed by atoms with Crippen LogP contribution in [0.3, 0.4) is 0 Å². The number of amides is 1. The first-order valence-electron chi connectivity index (χ1n) is 6.37. The van der Waals surface area contributed by atoms with E-state index in [1.54, 1.807) is 36.4 Å². The van der Waals surface area contributed by atoms with Crippen molar-refractivity contribution in [2.75, 3.05) is 0 Å². The molecule has 21 heavy (non-hydrogen) atoms. The number of hydrogen-bond donors (Lipinski definition) is 2. The lowest BCUT2D eigenvalue weighted by Crippen LogP contribution is -2.10. The van der Waals surface area contributed by atoms with Crippen LogP contribution in [0, 0.1) is 0 Å². The second kappa shape index (κ2) is 6.56. The molecule has 0 atom stereocenters. The fraction of sp³-hybridized carbons (Fsp3) is 0.125. The smallest absolute Gasteiger partial charge is 0.307 e. The quantitative estimate of drug-likeness (QED) is 0.849. The number of ether oxygens (including phenoxy) is 1. The summed E-state index contributed by atoms with van der Waals surface area (Å²) in [7, 11) is 0. The van der Waals surface area contributed by atoms with Crippen molar-refractivity contribution in [2.45, 2.75) is 13.0 Å². The van der Waals surface area contributed by atoms with Gasteiger partial charge in [-0.05, 0) is 29.3 Å². The molecule has 1 amide bonds. The molecule has 0 radical (unpaired) electrons. The van der Waals surface area contributed by atoms with Crippen molar-refractivity contribution in [3.8, 4) is 5.75 Å². The summed E-state index contributed by atoms with van der Waals surface area (Å²) in [6.07, 6.45) is 0.00178. The molecule has 2 rings (SSSR count). The molecule has 0 unspecified atom stereocenters. The Morgan fingerprint density at radius 3 is 2.33 bits per heavy atom. The van der Waals surface area contributed by atoms with Crippen molar-refractivity contribution in [1.82, 2.24) is 0 Å². The van der Waals surface area contributed by atoms with Crippen LogP contribution in [0.5, 0.6) is 5.75 Å². The highest BCUT2D eigenvalue weighted by atomic mass is 16.5. The molecule has 108 valence electrons. The summed E-state index contributed by atoms with van der Waals surface area (Å²) in [5.74, 6) is -0.804. The molecule has 2 aromatic rings. The maximum absolute atomic E-state index is 11.1. The summed E-state index contributed by atoms with van der Waals surface area (Å²) >= 11 is 0. The van der Waals surface area contributed by atoms with Crippen molar-refractivity contribution in [2.24, 2.45) is 5.73 Å². The number of aliphatic carboxylic acids is 1. The van der Waals surface area contributed by atoms with Crippen LogP contribution >= 0.6 is 0 Å². The van der Waals surface area contributed by atoms with Gasteiger partial charge in [0.1, 0.15) is 12.4 Å². The number of carbonyl (C=O) groups excluding carboxylic acids is 1. The van der Waals surface area contributed by atoms with Crippen LogP contribution in [0.25, 0.3) is 0 Å². The Labute approximate surface area is 122 Å². The highest BCUT2D eigenvalue weighted by Gasteiger charge is 2.03. The van der Waals surface area contributed by atoms with Gasteiger partial charge in [0.05, 0.1) is 6.42 Å². The molecule has 0 bridgehead atoms. The van der Waals surface area contributed by atoms with Crippen LogP contribution < -0.4 is 10.5 Å². The van der Waals surface area contributed by atoms with Gasteiger partial charge < -0.3 is 15.6 Å². The molecule has 0 saturated carbocycles. The standard InChI is InChI=1S/C16H15NO4/c17-16(20)13-2-1-3-14(9-13)21-10-12-6-4-11(5-7-12)8-15(18)19/h1-7,9H,8,10H2,(H2,17,20)(H,18,19). The zero-order valence-electron chi connectivity index (χ0n) is 11.3. The summed E-state index contributed by atoms with van der Waals surface area (Å²) in [5, 5.41) is 8.70. The number of carboxylic acids is 1. The van der Waals surface area contributed by atoms with Gasteiger partial charge in [-0.25, -0.2) is 0 Å². The van der Waals surface area contributed by atoms with Gasteiger partial charge in [-0.2, -0.15) is 0 Å². The van der Waals surface area contributed by atoms with Gasteiger partial charge in [0, 0.05) is 5.56 Å². The first kappa shape index (κ1) is 14.6. The van der Waals surface area contributed by atoms with Crippen LogP contribution in [0.1, 0.15) is 21.5 Å². The van der Waals surface area contributed by atoms with E-state index in [0.717, 1.165) is 11.1 Å². The third-order valence-electron chi connectivity index (χ3n) is 2.90. The number of rotatable bonds is 6. The fourth-order valence-electron chi connectivity index (χ4n) is 1.83. The van der Waals surface area contributed by atoms with Crippen molar-refractivity contribution in [3.05, 3.63) is 65.2 Å². The lowest BCUT2D eigenvalue weighted by atomic mass is 10.1. The van der Waals surface area contributed by atoms with Gasteiger partial charge in [-0.15, -0.1) is 0 Å². The second-order valence-corrected chi connectivity index (χ2v) is 4.57. The van der Waals surface area contributed by atoms with E-state index in [1.165, 1.54) is 0 Å². The van der Waals surface area contributed by atoms with E-state index in [9.17, 15) is 9.59 Å². The van der Waals surface area contributed by atoms with Crippen LogP contribution in [0.15, 0.2) is 48.5 Å². The molecule has 0 fully saturated rings. The Morgan fingerprint density at radius 2 is 1.71 bits per heavy atom. The Morgan fingerprint density at radius 1 is 1.05 bits per heavy atom. The summed E-state index contributed by atoms with van der Waals surface area (Å²) in [6.45, 7) is 0.329. The fourth-order valence-corrected chi connectivity index (χ4v) is 1.83. The van der Waals surface area contributed by atoms with Crippen LogP contribution in [-0.4, -0.2) is 17.0 Å². The average molecular weight is 285 g/mol. The van der Waals surface area contributed by atoms with E-state index in [1.807, 2.05) is 12.1 Å². The average Bonchev–Trinajstić information content (AvgIpc) is 2.46. The van der Waals surface area contributed by atoms with Gasteiger partial charge in [0.2, 0.25) is 5.91 Å². The number of carbonyl (C=O) groups is 2. The largest absolute Gasteiger partial charge is 0.489 e. The van der Waals surface area contributed by atoms with E-state index < -0.39 is 11.9 Å². The molecule has 0 spiro atoms. The molecule has 0 aliphatic carbocycles. The zero-order valence-corrected chi connectivity index (χ0v) is 11.3. The Bertz CT molecular complexity index is 650. The van der Waals surface area contributed by atoms with Crippen molar-refractivity contribution in [3.63, 3.8) is 0 Å². The maximum atomic E-state index is 11.1. The monoisotopic (exact) mass is 285 g/mol. The van der Waals surface area contributed by atoms with Crippen LogP contribution in [-0.2, 0) is 17.8 Å². The highest BCUT2D eigenvalue weighted by molar-refractivity contribution is 5.93. The molecule has 0 aromatic heterocycles. The number of benzene rings is 2. The lowest BCUT2D eigenvalue weighted by molar-refractivity contribution is -0.136. The van der Waals surface area contributed by atoms with Gasteiger partial charge in [0.15, 0.2) is 0 Å². The zero-order chi connectivity index (χ0) is 15.2. The molecule has 5 nitrogen and oxygen atoms in total. The molecular weight excluding hydrogens is 270 g/mol. The third kappa shape index (κ3) is 4.35. The summed E-state index contributed by atoms with van der Waals surface area (Å²) in [5.41, 5.74) is 7.25. The van der Waals surface area contributed by atoms with Crippen molar-refractivity contribution < 1.29 is 19.4 Å². The molecule has 5 heteroatoms. The lowest BCUT2D eigenvalue weighted by Gasteiger charge is -2.07. The van der Waals surface area contributed by atoms with E-state index in [-0.39, 0.29) is 6.42 Å². The minimum atomic E-state index is -0.859. The minimum Gasteiger partial charge on any atom is -0.489 e. The molecular formula is C16H15NO4. The number of hydrogen-bond acceptors (Lipinski definition) is 3. The maximum Gasteiger partial charge on any atom is 0.307 e. The first-order valence-corrected chi connectivity index (χ1v) is 6.37. The molecule has 0 aliphatic heterocycles. The minimum absolute atomic E-state index is 0.00178. The summed E-state index contributed by atoms with van der Waals surface area (Å²) in [6, 6.07) is 13.8. The first-order chi connectivity index (χ1) is 10.0. The number of nitrogens with two attached hydrogens (primary N) is 1. The van der Waals surface area contributed by atoms with Crippen LogP contribution in [0.4, 0.5) is 0 Å². The van der Waals surface area contributed by atoms with Gasteiger partial charge in [0.25, 0.3) is 0 Å². The summed E-state index contributed by atoms with van der Waals surface area (Å²) < 4.78 is 5.58. The molecule has 2 aromatic carbocycles. The normalized spacial score (nSPS) is 10.1. The highest BCUT2D eigenvalue weighted by Crippen LogP contribution is 2.15. The topological polar surface area (TPSA) is 89.6 Å². The Hall–Kier alpha value is -2.82. The van der Waals surface area contributed by atoms with E-state index in [2.05, 4.69) is 0 Å². The van der Waals surface area contributed by atoms with Gasteiger partial charge in [-0.1, -0.05) is 30.3 Å². The summed E-state index contributed by atoms with van der Waals surface area (Å²) in [4.78, 5) is 21.7. The van der Waals surface area contributed by atoms with E-state index in [0.29, 0.717) is 17.9 Å². The SMILES string of the molecule is NC(=O)c1cccc(OCc2ccc(CC(=O)O)cc2)c1. The molecule has 0 aliphatic rings. The third-order valence-corrected chi connectivity index (χ3v) is 2.90. The van der Waals surface area contributed by atoms with E-state index in [4.69, 9.17) is 15.6 Å². The molecule has 0 heterocycles. The molecule has 0 saturated heterocycles. The predicted octanol–water partition coefficient (Wildman–Crippen LogP) is 1.99. The Kier molecular flexibility index (Phi) is 4.56. The van der Waals surface area contributed by atoms with E-state index >= 15 is 0 Å².